The van der Waals surface area contributed by atoms with Crippen molar-refractivity contribution >= 4 is 27.6 Å². The zero-order valence-corrected chi connectivity index (χ0v) is 14.5. The summed E-state index contributed by atoms with van der Waals surface area (Å²) < 4.78 is 26.6. The molecule has 1 amide bonds. The maximum Gasteiger partial charge on any atom is 0.337 e. The molecule has 0 radical (unpaired) electrons. The second kappa shape index (κ2) is 7.45. The van der Waals surface area contributed by atoms with Crippen molar-refractivity contribution in [3.63, 3.8) is 0 Å². The molecule has 0 heterocycles. The Balaban J connectivity index is 2.21. The fourth-order valence-electron chi connectivity index (χ4n) is 2.14. The average molecular weight is 362 g/mol. The lowest BCUT2D eigenvalue weighted by atomic mass is 10.1. The number of rotatable bonds is 6. The SMILES string of the molecule is CC(C)NS(=O)(=O)c1ccc(C(=O)Nc2ccccc2C(=O)O)cc1. The average Bonchev–Trinajstić information content (AvgIpc) is 2.54. The second-order valence-electron chi connectivity index (χ2n) is 5.61. The number of carboxylic acid groups (broad SMARTS) is 1. The lowest BCUT2D eigenvalue weighted by Crippen LogP contribution is -2.30. The number of hydrogen-bond acceptors (Lipinski definition) is 4. The molecule has 0 aliphatic heterocycles. The molecule has 0 aliphatic rings. The van der Waals surface area contributed by atoms with Gasteiger partial charge in [-0.1, -0.05) is 12.1 Å². The van der Waals surface area contributed by atoms with Crippen molar-refractivity contribution in [2.45, 2.75) is 24.8 Å². The highest BCUT2D eigenvalue weighted by atomic mass is 32.2. The van der Waals surface area contributed by atoms with Crippen molar-refractivity contribution < 1.29 is 23.1 Å². The van der Waals surface area contributed by atoms with Crippen molar-refractivity contribution in [3.05, 3.63) is 59.7 Å². The monoisotopic (exact) mass is 362 g/mol. The predicted molar refractivity (Wildman–Crippen MR) is 93.3 cm³/mol. The van der Waals surface area contributed by atoms with Gasteiger partial charge in [-0.3, -0.25) is 4.79 Å². The molecular formula is C17H18N2O5S. The van der Waals surface area contributed by atoms with Crippen molar-refractivity contribution in [2.75, 3.05) is 5.32 Å². The van der Waals surface area contributed by atoms with E-state index >= 15 is 0 Å². The van der Waals surface area contributed by atoms with E-state index in [4.69, 9.17) is 5.11 Å². The number of amides is 1. The number of carboxylic acids is 1. The maximum atomic E-state index is 12.3. The Labute approximate surface area is 145 Å². The summed E-state index contributed by atoms with van der Waals surface area (Å²) in [4.78, 5) is 23.5. The number of carbonyl (C=O) groups is 2. The fraction of sp³-hybridized carbons (Fsp3) is 0.176. The summed E-state index contributed by atoms with van der Waals surface area (Å²) in [7, 11) is -3.64. The molecule has 8 heteroatoms. The highest BCUT2D eigenvalue weighted by molar-refractivity contribution is 7.89. The molecule has 0 spiro atoms. The van der Waals surface area contributed by atoms with Crippen LogP contribution in [0.3, 0.4) is 0 Å². The summed E-state index contributed by atoms with van der Waals surface area (Å²) in [5.74, 6) is -1.69. The van der Waals surface area contributed by atoms with Crippen molar-refractivity contribution in [2.24, 2.45) is 0 Å². The number of hydrogen-bond donors (Lipinski definition) is 3. The standard InChI is InChI=1S/C17H18N2O5S/c1-11(2)19-25(23,24)13-9-7-12(8-10-13)16(20)18-15-6-4-3-5-14(15)17(21)22/h3-11,19H,1-2H3,(H,18,20)(H,21,22). The third kappa shape index (κ3) is 4.65. The van der Waals surface area contributed by atoms with E-state index in [1.54, 1.807) is 26.0 Å². The number of nitrogens with one attached hydrogen (secondary N) is 2. The molecule has 0 saturated heterocycles. The number of carbonyl (C=O) groups excluding carboxylic acids is 1. The van der Waals surface area contributed by atoms with E-state index < -0.39 is 21.9 Å². The molecule has 0 aliphatic carbocycles. The first-order chi connectivity index (χ1) is 11.7. The largest absolute Gasteiger partial charge is 0.478 e. The zero-order chi connectivity index (χ0) is 18.6. The van der Waals surface area contributed by atoms with Crippen molar-refractivity contribution in [3.8, 4) is 0 Å². The van der Waals surface area contributed by atoms with Crippen molar-refractivity contribution in [1.29, 1.82) is 0 Å². The van der Waals surface area contributed by atoms with Crippen LogP contribution in [-0.2, 0) is 10.0 Å². The molecule has 132 valence electrons. The molecule has 2 aromatic carbocycles. The van der Waals surface area contributed by atoms with Gasteiger partial charge >= 0.3 is 5.97 Å². The summed E-state index contributed by atoms with van der Waals surface area (Å²) in [6.45, 7) is 3.42. The molecule has 0 atom stereocenters. The van der Waals surface area contributed by atoms with E-state index in [0.29, 0.717) is 0 Å². The Kier molecular flexibility index (Phi) is 5.55. The fourth-order valence-corrected chi connectivity index (χ4v) is 3.39. The number of aromatic carboxylic acids is 1. The number of anilines is 1. The topological polar surface area (TPSA) is 113 Å². The van der Waals surface area contributed by atoms with E-state index in [9.17, 15) is 18.0 Å². The van der Waals surface area contributed by atoms with E-state index in [2.05, 4.69) is 10.0 Å². The molecule has 0 fully saturated rings. The Bertz CT molecular complexity index is 890. The van der Waals surface area contributed by atoms with Crippen LogP contribution in [0.25, 0.3) is 0 Å². The molecular weight excluding hydrogens is 344 g/mol. The summed E-state index contributed by atoms with van der Waals surface area (Å²) >= 11 is 0. The van der Waals surface area contributed by atoms with Crippen LogP contribution in [0.5, 0.6) is 0 Å². The molecule has 25 heavy (non-hydrogen) atoms. The normalized spacial score (nSPS) is 11.3. The molecule has 2 rings (SSSR count). The second-order valence-corrected chi connectivity index (χ2v) is 7.32. The summed E-state index contributed by atoms with van der Waals surface area (Å²) in [5.41, 5.74) is 0.345. The molecule has 0 bridgehead atoms. The van der Waals surface area contributed by atoms with Gasteiger partial charge in [0.1, 0.15) is 0 Å². The summed E-state index contributed by atoms with van der Waals surface area (Å²) in [6, 6.07) is 11.2. The van der Waals surface area contributed by atoms with Gasteiger partial charge in [0.15, 0.2) is 0 Å². The minimum Gasteiger partial charge on any atom is -0.478 e. The van der Waals surface area contributed by atoms with Gasteiger partial charge in [-0.2, -0.15) is 0 Å². The highest BCUT2D eigenvalue weighted by Crippen LogP contribution is 2.17. The first kappa shape index (κ1) is 18.6. The summed E-state index contributed by atoms with van der Waals surface area (Å²) in [6.07, 6.45) is 0. The van der Waals surface area contributed by atoms with Gasteiger partial charge in [-0.05, 0) is 50.2 Å². The molecule has 0 saturated carbocycles. The lowest BCUT2D eigenvalue weighted by molar-refractivity contribution is 0.0698. The van der Waals surface area contributed by atoms with Crippen LogP contribution in [-0.4, -0.2) is 31.4 Å². The van der Waals surface area contributed by atoms with Gasteiger partial charge < -0.3 is 10.4 Å². The van der Waals surface area contributed by atoms with Gasteiger partial charge in [0, 0.05) is 11.6 Å². The van der Waals surface area contributed by atoms with E-state index in [0.717, 1.165) is 0 Å². The van der Waals surface area contributed by atoms with Crippen LogP contribution in [0, 0.1) is 0 Å². The molecule has 3 N–H and O–H groups in total. The predicted octanol–water partition coefficient (Wildman–Crippen LogP) is 2.32. The van der Waals surface area contributed by atoms with Gasteiger partial charge in [0.2, 0.25) is 10.0 Å². The number of sulfonamides is 1. The Hall–Kier alpha value is -2.71. The van der Waals surface area contributed by atoms with Gasteiger partial charge in [-0.15, -0.1) is 0 Å². The Morgan fingerprint density at radius 2 is 1.60 bits per heavy atom. The van der Waals surface area contributed by atoms with Crippen molar-refractivity contribution in [1.82, 2.24) is 4.72 Å². The third-order valence-corrected chi connectivity index (χ3v) is 4.90. The minimum atomic E-state index is -3.64. The minimum absolute atomic E-state index is 0.0313. The van der Waals surface area contributed by atoms with E-state index in [1.807, 2.05) is 0 Å². The molecule has 2 aromatic rings. The molecule has 0 aromatic heterocycles. The zero-order valence-electron chi connectivity index (χ0n) is 13.7. The van der Waals surface area contributed by atoms with Gasteiger partial charge in [0.25, 0.3) is 5.91 Å². The smallest absolute Gasteiger partial charge is 0.337 e. The maximum absolute atomic E-state index is 12.3. The van der Waals surface area contributed by atoms with Crippen LogP contribution in [0.4, 0.5) is 5.69 Å². The summed E-state index contributed by atoms with van der Waals surface area (Å²) in [5, 5.41) is 11.6. The van der Waals surface area contributed by atoms with E-state index in [1.165, 1.54) is 36.4 Å². The Morgan fingerprint density at radius 3 is 2.16 bits per heavy atom. The quantitative estimate of drug-likeness (QED) is 0.730. The first-order valence-corrected chi connectivity index (χ1v) is 8.95. The van der Waals surface area contributed by atoms with Crippen LogP contribution in [0.15, 0.2) is 53.4 Å². The van der Waals surface area contributed by atoms with Crippen LogP contribution < -0.4 is 10.0 Å². The number of para-hydroxylation sites is 1. The Morgan fingerprint density at radius 1 is 1.00 bits per heavy atom. The van der Waals surface area contributed by atoms with Gasteiger partial charge in [-0.25, -0.2) is 17.9 Å². The van der Waals surface area contributed by atoms with E-state index in [-0.39, 0.29) is 27.8 Å². The molecule has 0 unspecified atom stereocenters. The van der Waals surface area contributed by atoms with Crippen LogP contribution >= 0.6 is 0 Å². The lowest BCUT2D eigenvalue weighted by Gasteiger charge is -2.11. The number of benzene rings is 2. The van der Waals surface area contributed by atoms with Gasteiger partial charge in [0.05, 0.1) is 16.1 Å². The highest BCUT2D eigenvalue weighted by Gasteiger charge is 2.17. The molecule has 7 nitrogen and oxygen atoms in total. The van der Waals surface area contributed by atoms with Crippen LogP contribution in [0.1, 0.15) is 34.6 Å². The first-order valence-electron chi connectivity index (χ1n) is 7.47. The van der Waals surface area contributed by atoms with Crippen LogP contribution in [0.2, 0.25) is 0 Å². The third-order valence-electron chi connectivity index (χ3n) is 3.22.